The van der Waals surface area contributed by atoms with Crippen molar-refractivity contribution in [3.8, 4) is 0 Å². The van der Waals surface area contributed by atoms with Crippen LogP contribution in [0.5, 0.6) is 0 Å². The molecule has 0 unspecified atom stereocenters. The van der Waals surface area contributed by atoms with Crippen LogP contribution in [-0.2, 0) is 4.74 Å². The molecule has 1 saturated heterocycles. The summed E-state index contributed by atoms with van der Waals surface area (Å²) in [6.07, 6.45) is 0. The summed E-state index contributed by atoms with van der Waals surface area (Å²) in [5.74, 6) is 0. The van der Waals surface area contributed by atoms with Crippen LogP contribution < -0.4 is 10.6 Å². The van der Waals surface area contributed by atoms with Crippen LogP contribution in [0.25, 0.3) is 0 Å². The van der Waals surface area contributed by atoms with Crippen molar-refractivity contribution in [1.29, 1.82) is 0 Å². The zero-order valence-electron chi connectivity index (χ0n) is 8.16. The molecule has 2 N–H and O–H groups in total. The van der Waals surface area contributed by atoms with Crippen molar-refractivity contribution < 1.29 is 4.74 Å². The molecule has 1 aliphatic rings. The van der Waals surface area contributed by atoms with E-state index in [-0.39, 0.29) is 0 Å². The Hall–Kier alpha value is -1.22. The number of nitrogens with zero attached hydrogens (tertiary/aromatic N) is 1. The molecule has 0 amide bonds. The third-order valence-electron chi connectivity index (χ3n) is 1.61. The summed E-state index contributed by atoms with van der Waals surface area (Å²) in [5.41, 5.74) is 7.49. The number of epoxide rings is 1. The first kappa shape index (κ1) is 9.86. The molecule has 0 saturated carbocycles. The van der Waals surface area contributed by atoms with Gasteiger partial charge in [0, 0.05) is 25.5 Å². The Morgan fingerprint density at radius 2 is 1.62 bits per heavy atom. The number of hydrogen-bond acceptors (Lipinski definition) is 3. The summed E-state index contributed by atoms with van der Waals surface area (Å²) in [7, 11) is 4.01. The molecule has 1 fully saturated rings. The fourth-order valence-corrected chi connectivity index (χ4v) is 0.772. The van der Waals surface area contributed by atoms with Gasteiger partial charge in [-0.05, 0) is 24.3 Å². The Morgan fingerprint density at radius 3 is 1.92 bits per heavy atom. The van der Waals surface area contributed by atoms with Crippen LogP contribution in [0, 0.1) is 0 Å². The molecule has 0 aromatic heterocycles. The van der Waals surface area contributed by atoms with E-state index in [0.29, 0.717) is 0 Å². The molecule has 0 radical (unpaired) electrons. The lowest BCUT2D eigenvalue weighted by atomic mass is 10.3. The number of benzene rings is 1. The van der Waals surface area contributed by atoms with Gasteiger partial charge in [0.25, 0.3) is 0 Å². The van der Waals surface area contributed by atoms with Gasteiger partial charge >= 0.3 is 0 Å². The molecule has 1 aliphatic heterocycles. The van der Waals surface area contributed by atoms with Crippen LogP contribution >= 0.6 is 0 Å². The van der Waals surface area contributed by atoms with Gasteiger partial charge in [-0.25, -0.2) is 0 Å². The van der Waals surface area contributed by atoms with E-state index in [1.807, 2.05) is 43.3 Å². The normalized spacial score (nSPS) is 12.8. The van der Waals surface area contributed by atoms with Crippen molar-refractivity contribution in [2.45, 2.75) is 0 Å². The minimum absolute atomic E-state index is 0.811. The van der Waals surface area contributed by atoms with Gasteiger partial charge in [0.15, 0.2) is 0 Å². The zero-order chi connectivity index (χ0) is 9.68. The lowest BCUT2D eigenvalue weighted by Crippen LogP contribution is -2.08. The van der Waals surface area contributed by atoms with Crippen molar-refractivity contribution in [3.63, 3.8) is 0 Å². The maximum atomic E-state index is 5.51. The minimum atomic E-state index is 0.811. The van der Waals surface area contributed by atoms with Gasteiger partial charge < -0.3 is 15.4 Å². The molecule has 3 nitrogen and oxygen atoms in total. The molecule has 0 atom stereocenters. The van der Waals surface area contributed by atoms with Crippen LogP contribution in [0.1, 0.15) is 0 Å². The van der Waals surface area contributed by atoms with E-state index in [2.05, 4.69) is 4.74 Å². The number of rotatable bonds is 1. The van der Waals surface area contributed by atoms with E-state index >= 15 is 0 Å². The first-order valence-electron chi connectivity index (χ1n) is 4.31. The Bertz CT molecular complexity index is 239. The lowest BCUT2D eigenvalue weighted by Gasteiger charge is -2.11. The second-order valence-corrected chi connectivity index (χ2v) is 3.10. The Kier molecular flexibility index (Phi) is 3.58. The number of nitrogens with two attached hydrogens (primary N) is 1. The van der Waals surface area contributed by atoms with Gasteiger partial charge in [-0.1, -0.05) is 0 Å². The highest BCUT2D eigenvalue weighted by Crippen LogP contribution is 2.12. The maximum absolute atomic E-state index is 5.51. The predicted octanol–water partition coefficient (Wildman–Crippen LogP) is 1.35. The molecule has 1 heterocycles. The number of hydrogen-bond donors (Lipinski definition) is 1. The fraction of sp³-hybridized carbons (Fsp3) is 0.400. The van der Waals surface area contributed by atoms with E-state index in [0.717, 1.165) is 18.9 Å². The first-order valence-corrected chi connectivity index (χ1v) is 4.31. The third-order valence-corrected chi connectivity index (χ3v) is 1.61. The van der Waals surface area contributed by atoms with Crippen LogP contribution in [0.15, 0.2) is 24.3 Å². The summed E-state index contributed by atoms with van der Waals surface area (Å²) in [6.45, 7) is 2.00. The summed E-state index contributed by atoms with van der Waals surface area (Å²) >= 11 is 0. The standard InChI is InChI=1S/C8H12N2.C2H4O/c1-10(2)8-5-3-7(9)4-6-8;1-2-3-1/h3-6H,9H2,1-2H3;1-2H2. The van der Waals surface area contributed by atoms with Crippen LogP contribution in [0.4, 0.5) is 11.4 Å². The van der Waals surface area contributed by atoms with Crippen molar-refractivity contribution in [2.75, 3.05) is 37.9 Å². The highest BCUT2D eigenvalue weighted by Gasteiger charge is 1.94. The Balaban J connectivity index is 0.000000236. The molecule has 0 spiro atoms. The molecule has 2 rings (SSSR count). The lowest BCUT2D eigenvalue weighted by molar-refractivity contribution is 0.475. The van der Waals surface area contributed by atoms with Crippen molar-refractivity contribution in [3.05, 3.63) is 24.3 Å². The largest absolute Gasteiger partial charge is 0.399 e. The molecule has 0 aliphatic carbocycles. The SMILES string of the molecule is C1CO1.CN(C)c1ccc(N)cc1. The quantitative estimate of drug-likeness (QED) is 0.524. The molecule has 0 bridgehead atoms. The third kappa shape index (κ3) is 4.38. The first-order chi connectivity index (χ1) is 6.20. The van der Waals surface area contributed by atoms with Crippen molar-refractivity contribution in [1.82, 2.24) is 0 Å². The fourth-order valence-electron chi connectivity index (χ4n) is 0.772. The van der Waals surface area contributed by atoms with Crippen molar-refractivity contribution >= 4 is 11.4 Å². The van der Waals surface area contributed by atoms with Crippen LogP contribution in [-0.4, -0.2) is 27.3 Å². The smallest absolute Gasteiger partial charge is 0.0701 e. The number of anilines is 2. The molecule has 72 valence electrons. The van der Waals surface area contributed by atoms with Gasteiger partial charge in [0.05, 0.1) is 13.2 Å². The second-order valence-electron chi connectivity index (χ2n) is 3.10. The minimum Gasteiger partial charge on any atom is -0.399 e. The topological polar surface area (TPSA) is 41.8 Å². The maximum Gasteiger partial charge on any atom is 0.0701 e. The molecular weight excluding hydrogens is 164 g/mol. The Labute approximate surface area is 79.1 Å². The average molecular weight is 180 g/mol. The average Bonchev–Trinajstić information content (AvgIpc) is 2.90. The second kappa shape index (κ2) is 4.72. The molecular formula is C10H16N2O. The van der Waals surface area contributed by atoms with E-state index < -0.39 is 0 Å². The molecule has 1 aromatic rings. The highest BCUT2D eigenvalue weighted by atomic mass is 16.6. The van der Waals surface area contributed by atoms with Gasteiger partial charge in [-0.2, -0.15) is 0 Å². The monoisotopic (exact) mass is 180 g/mol. The van der Waals surface area contributed by atoms with Crippen LogP contribution in [0.3, 0.4) is 0 Å². The van der Waals surface area contributed by atoms with Crippen molar-refractivity contribution in [2.24, 2.45) is 0 Å². The molecule has 1 aromatic carbocycles. The summed E-state index contributed by atoms with van der Waals surface area (Å²) in [5, 5.41) is 0. The summed E-state index contributed by atoms with van der Waals surface area (Å²) in [6, 6.07) is 7.79. The van der Waals surface area contributed by atoms with Crippen LogP contribution in [0.2, 0.25) is 0 Å². The van der Waals surface area contributed by atoms with Gasteiger partial charge in [-0.15, -0.1) is 0 Å². The van der Waals surface area contributed by atoms with Gasteiger partial charge in [-0.3, -0.25) is 0 Å². The van der Waals surface area contributed by atoms with E-state index in [4.69, 9.17) is 5.73 Å². The Morgan fingerprint density at radius 1 is 1.15 bits per heavy atom. The van der Waals surface area contributed by atoms with E-state index in [9.17, 15) is 0 Å². The number of nitrogen functional groups attached to an aromatic ring is 1. The molecule has 13 heavy (non-hydrogen) atoms. The number of ether oxygens (including phenoxy) is 1. The zero-order valence-corrected chi connectivity index (χ0v) is 8.16. The van der Waals surface area contributed by atoms with Gasteiger partial charge in [0.2, 0.25) is 0 Å². The highest BCUT2D eigenvalue weighted by molar-refractivity contribution is 5.51. The van der Waals surface area contributed by atoms with E-state index in [1.54, 1.807) is 0 Å². The predicted molar refractivity (Wildman–Crippen MR) is 56.0 cm³/mol. The molecule has 3 heteroatoms. The summed E-state index contributed by atoms with van der Waals surface area (Å²) < 4.78 is 4.50. The summed E-state index contributed by atoms with van der Waals surface area (Å²) in [4.78, 5) is 2.04. The van der Waals surface area contributed by atoms with Gasteiger partial charge in [0.1, 0.15) is 0 Å². The van der Waals surface area contributed by atoms with E-state index in [1.165, 1.54) is 5.69 Å².